The SMILES string of the molecule is COc1cccc(C(=O)NCc2cc(=O)n3nc(-c4cccc(C)c4)sc3n2)c1. The quantitative estimate of drug-likeness (QED) is 0.551. The average Bonchev–Trinajstić information content (AvgIpc) is 3.17. The Morgan fingerprint density at radius 1 is 1.17 bits per heavy atom. The van der Waals surface area contributed by atoms with E-state index in [1.807, 2.05) is 31.2 Å². The normalized spacial score (nSPS) is 10.8. The van der Waals surface area contributed by atoms with Crippen LogP contribution in [0.5, 0.6) is 5.75 Å². The molecule has 0 aliphatic rings. The first-order valence-electron chi connectivity index (χ1n) is 8.92. The molecule has 2 aromatic heterocycles. The van der Waals surface area contributed by atoms with Crippen molar-refractivity contribution in [1.82, 2.24) is 19.9 Å². The highest BCUT2D eigenvalue weighted by Gasteiger charge is 2.12. The first kappa shape index (κ1) is 18.8. The van der Waals surface area contributed by atoms with Crippen LogP contribution in [0.25, 0.3) is 15.5 Å². The van der Waals surface area contributed by atoms with Gasteiger partial charge in [-0.15, -0.1) is 0 Å². The molecule has 0 spiro atoms. The van der Waals surface area contributed by atoms with Gasteiger partial charge in [-0.25, -0.2) is 4.98 Å². The summed E-state index contributed by atoms with van der Waals surface area (Å²) in [4.78, 5) is 29.8. The number of nitrogens with one attached hydrogen (secondary N) is 1. The molecule has 0 aliphatic carbocycles. The van der Waals surface area contributed by atoms with E-state index < -0.39 is 0 Å². The minimum Gasteiger partial charge on any atom is -0.497 e. The molecule has 0 bridgehead atoms. The van der Waals surface area contributed by atoms with E-state index in [0.717, 1.165) is 16.1 Å². The molecule has 29 heavy (non-hydrogen) atoms. The Labute approximate surface area is 170 Å². The number of ether oxygens (including phenoxy) is 1. The van der Waals surface area contributed by atoms with Gasteiger partial charge in [0.15, 0.2) is 0 Å². The van der Waals surface area contributed by atoms with Gasteiger partial charge in [-0.3, -0.25) is 9.59 Å². The van der Waals surface area contributed by atoms with E-state index in [1.165, 1.54) is 21.9 Å². The zero-order valence-electron chi connectivity index (χ0n) is 15.9. The summed E-state index contributed by atoms with van der Waals surface area (Å²) in [5.41, 5.74) is 2.72. The Morgan fingerprint density at radius 3 is 2.79 bits per heavy atom. The van der Waals surface area contributed by atoms with Crippen molar-refractivity contribution in [2.24, 2.45) is 0 Å². The van der Waals surface area contributed by atoms with E-state index in [0.29, 0.717) is 22.0 Å². The summed E-state index contributed by atoms with van der Waals surface area (Å²) in [5, 5.41) is 7.89. The number of benzene rings is 2. The number of rotatable bonds is 5. The second-order valence-corrected chi connectivity index (χ2v) is 7.43. The Morgan fingerprint density at radius 2 is 2.00 bits per heavy atom. The fourth-order valence-corrected chi connectivity index (χ4v) is 3.80. The Hall–Kier alpha value is -3.52. The van der Waals surface area contributed by atoms with Gasteiger partial charge in [0, 0.05) is 17.2 Å². The fraction of sp³-hybridized carbons (Fsp3) is 0.143. The van der Waals surface area contributed by atoms with Crippen LogP contribution in [0.3, 0.4) is 0 Å². The summed E-state index contributed by atoms with van der Waals surface area (Å²) in [7, 11) is 1.55. The van der Waals surface area contributed by atoms with Crippen LogP contribution in [0.15, 0.2) is 59.4 Å². The zero-order valence-corrected chi connectivity index (χ0v) is 16.7. The highest BCUT2D eigenvalue weighted by Crippen LogP contribution is 2.24. The van der Waals surface area contributed by atoms with Crippen LogP contribution in [-0.2, 0) is 6.54 Å². The summed E-state index contributed by atoms with van der Waals surface area (Å²) in [5.74, 6) is 0.333. The Kier molecular flexibility index (Phi) is 5.09. The minimum atomic E-state index is -0.282. The van der Waals surface area contributed by atoms with Crippen molar-refractivity contribution in [2.45, 2.75) is 13.5 Å². The smallest absolute Gasteiger partial charge is 0.275 e. The molecule has 0 saturated heterocycles. The maximum absolute atomic E-state index is 12.4. The van der Waals surface area contributed by atoms with Gasteiger partial charge in [-0.1, -0.05) is 41.2 Å². The van der Waals surface area contributed by atoms with Crippen LogP contribution >= 0.6 is 11.3 Å². The maximum Gasteiger partial charge on any atom is 0.275 e. The summed E-state index contributed by atoms with van der Waals surface area (Å²) in [6.45, 7) is 2.14. The molecule has 4 aromatic rings. The zero-order chi connectivity index (χ0) is 20.4. The first-order chi connectivity index (χ1) is 14.0. The van der Waals surface area contributed by atoms with Crippen molar-refractivity contribution < 1.29 is 9.53 Å². The molecular formula is C21H18N4O3S. The topological polar surface area (TPSA) is 85.6 Å². The summed E-state index contributed by atoms with van der Waals surface area (Å²) in [6, 6.07) is 16.2. The third-order valence-electron chi connectivity index (χ3n) is 4.33. The molecule has 1 N–H and O–H groups in total. The number of hydrogen-bond acceptors (Lipinski definition) is 6. The molecular weight excluding hydrogens is 388 g/mol. The lowest BCUT2D eigenvalue weighted by Gasteiger charge is -2.06. The van der Waals surface area contributed by atoms with E-state index in [9.17, 15) is 9.59 Å². The number of aromatic nitrogens is 3. The van der Waals surface area contributed by atoms with Crippen LogP contribution in [0.1, 0.15) is 21.6 Å². The van der Waals surface area contributed by atoms with Crippen molar-refractivity contribution in [3.8, 4) is 16.3 Å². The lowest BCUT2D eigenvalue weighted by Crippen LogP contribution is -2.25. The van der Waals surface area contributed by atoms with Gasteiger partial charge in [-0.05, 0) is 31.2 Å². The third-order valence-corrected chi connectivity index (χ3v) is 5.28. The van der Waals surface area contributed by atoms with Crippen molar-refractivity contribution in [3.63, 3.8) is 0 Å². The molecule has 0 saturated carbocycles. The number of aryl methyl sites for hydroxylation is 1. The van der Waals surface area contributed by atoms with E-state index in [2.05, 4.69) is 15.4 Å². The van der Waals surface area contributed by atoms with Crippen LogP contribution in [0, 0.1) is 6.92 Å². The molecule has 4 rings (SSSR count). The van der Waals surface area contributed by atoms with Gasteiger partial charge in [0.25, 0.3) is 11.5 Å². The van der Waals surface area contributed by atoms with E-state index in [4.69, 9.17) is 4.74 Å². The third kappa shape index (κ3) is 4.02. The molecule has 2 heterocycles. The van der Waals surface area contributed by atoms with Gasteiger partial charge in [0.1, 0.15) is 10.8 Å². The number of carbonyl (C=O) groups excluding carboxylic acids is 1. The molecule has 8 heteroatoms. The molecule has 0 atom stereocenters. The summed E-state index contributed by atoms with van der Waals surface area (Å²) >= 11 is 1.33. The van der Waals surface area contributed by atoms with Crippen LogP contribution in [0.2, 0.25) is 0 Å². The van der Waals surface area contributed by atoms with Crippen LogP contribution in [-0.4, -0.2) is 27.6 Å². The molecule has 0 radical (unpaired) electrons. The van der Waals surface area contributed by atoms with E-state index in [-0.39, 0.29) is 18.0 Å². The second-order valence-electron chi connectivity index (χ2n) is 6.47. The monoisotopic (exact) mass is 406 g/mol. The minimum absolute atomic E-state index is 0.138. The average molecular weight is 406 g/mol. The summed E-state index contributed by atoms with van der Waals surface area (Å²) in [6.07, 6.45) is 0. The predicted octanol–water partition coefficient (Wildman–Crippen LogP) is 3.07. The lowest BCUT2D eigenvalue weighted by atomic mass is 10.1. The second kappa shape index (κ2) is 7.84. The lowest BCUT2D eigenvalue weighted by molar-refractivity contribution is 0.0950. The van der Waals surface area contributed by atoms with Crippen molar-refractivity contribution in [3.05, 3.63) is 81.8 Å². The standard InChI is InChI=1S/C21H18N4O3S/c1-13-5-3-7-15(9-13)20-24-25-18(26)11-16(23-21(25)29-20)12-22-19(27)14-6-4-8-17(10-14)28-2/h3-11H,12H2,1-2H3,(H,22,27). The largest absolute Gasteiger partial charge is 0.497 e. The highest BCUT2D eigenvalue weighted by atomic mass is 32.1. The molecule has 0 aliphatic heterocycles. The fourth-order valence-electron chi connectivity index (χ4n) is 2.88. The van der Waals surface area contributed by atoms with Gasteiger partial charge >= 0.3 is 0 Å². The van der Waals surface area contributed by atoms with Gasteiger partial charge in [-0.2, -0.15) is 9.61 Å². The number of nitrogens with zero attached hydrogens (tertiary/aromatic N) is 3. The highest BCUT2D eigenvalue weighted by molar-refractivity contribution is 7.19. The number of hydrogen-bond donors (Lipinski definition) is 1. The number of fused-ring (bicyclic) bond motifs is 1. The van der Waals surface area contributed by atoms with Gasteiger partial charge in [0.2, 0.25) is 4.96 Å². The molecule has 0 unspecified atom stereocenters. The number of amides is 1. The summed E-state index contributed by atoms with van der Waals surface area (Å²) < 4.78 is 6.42. The molecule has 1 amide bonds. The van der Waals surface area contributed by atoms with Crippen molar-refractivity contribution in [1.29, 1.82) is 0 Å². The predicted molar refractivity (Wildman–Crippen MR) is 111 cm³/mol. The molecule has 7 nitrogen and oxygen atoms in total. The molecule has 2 aromatic carbocycles. The molecule has 146 valence electrons. The maximum atomic E-state index is 12.4. The van der Waals surface area contributed by atoms with E-state index in [1.54, 1.807) is 31.4 Å². The Balaban J connectivity index is 1.57. The van der Waals surface area contributed by atoms with Crippen LogP contribution in [0.4, 0.5) is 0 Å². The Bertz CT molecular complexity index is 1260. The van der Waals surface area contributed by atoms with Gasteiger partial charge in [0.05, 0.1) is 19.3 Å². The van der Waals surface area contributed by atoms with Crippen molar-refractivity contribution >= 4 is 22.2 Å². The molecule has 0 fully saturated rings. The van der Waals surface area contributed by atoms with E-state index >= 15 is 0 Å². The number of methoxy groups -OCH3 is 1. The first-order valence-corrected chi connectivity index (χ1v) is 9.74. The van der Waals surface area contributed by atoms with Gasteiger partial charge < -0.3 is 10.1 Å². The van der Waals surface area contributed by atoms with Crippen LogP contribution < -0.4 is 15.6 Å². The van der Waals surface area contributed by atoms with Crippen molar-refractivity contribution in [2.75, 3.05) is 7.11 Å². The number of carbonyl (C=O) groups is 1.